The topological polar surface area (TPSA) is 167 Å². The van der Waals surface area contributed by atoms with Gasteiger partial charge in [0.2, 0.25) is 16.0 Å². The Kier molecular flexibility index (Phi) is 8.28. The minimum atomic E-state index is -3.61. The van der Waals surface area contributed by atoms with Gasteiger partial charge in [0.25, 0.3) is 22.1 Å². The van der Waals surface area contributed by atoms with Gasteiger partial charge in [-0.3, -0.25) is 13.5 Å². The minimum Gasteiger partial charge on any atom is -0.441 e. The van der Waals surface area contributed by atoms with Crippen LogP contribution in [0.2, 0.25) is 0 Å². The lowest BCUT2D eigenvalue weighted by atomic mass is 10.1. The summed E-state index contributed by atoms with van der Waals surface area (Å²) in [7, 11) is -6.90. The summed E-state index contributed by atoms with van der Waals surface area (Å²) < 4.78 is 86.5. The molecule has 4 aromatic rings. The van der Waals surface area contributed by atoms with Crippen LogP contribution in [0.3, 0.4) is 0 Å². The number of sulfonamides is 1. The van der Waals surface area contributed by atoms with Crippen LogP contribution in [0.5, 0.6) is 0 Å². The molecule has 0 atom stereocenters. The molecule has 0 unspecified atom stereocenters. The maximum Gasteiger partial charge on any atom is 0.269 e. The summed E-state index contributed by atoms with van der Waals surface area (Å²) in [6.45, 7) is 0.418. The molecule has 0 saturated carbocycles. The number of pyridine rings is 1. The molecule has 0 aliphatic carbocycles. The number of rotatable bonds is 10. The molecule has 0 spiro atoms. The van der Waals surface area contributed by atoms with E-state index in [0.29, 0.717) is 42.6 Å². The van der Waals surface area contributed by atoms with Gasteiger partial charge in [0, 0.05) is 37.1 Å². The first kappa shape index (κ1) is 29.9. The Morgan fingerprint density at radius 2 is 1.86 bits per heavy atom. The molecule has 1 aliphatic rings. The van der Waals surface area contributed by atoms with E-state index >= 15 is 0 Å². The molecular formula is C25H28F2N6O7S2. The zero-order valence-electron chi connectivity index (χ0n) is 22.7. The lowest BCUT2D eigenvalue weighted by Crippen LogP contribution is -2.42. The Balaban J connectivity index is 1.42. The number of halogens is 2. The minimum absolute atomic E-state index is 0.109. The fourth-order valence-corrected chi connectivity index (χ4v) is 6.01. The van der Waals surface area contributed by atoms with Crippen molar-refractivity contribution in [3.05, 3.63) is 57.8 Å². The van der Waals surface area contributed by atoms with E-state index in [1.165, 1.54) is 10.5 Å². The normalized spacial score (nSPS) is 15.6. The summed E-state index contributed by atoms with van der Waals surface area (Å²) in [6.07, 6.45) is 1.60. The van der Waals surface area contributed by atoms with Crippen molar-refractivity contribution in [1.29, 1.82) is 0 Å². The maximum absolute atomic E-state index is 13.8. The second-order valence-corrected chi connectivity index (χ2v) is 13.7. The molecule has 0 bridgehead atoms. The van der Waals surface area contributed by atoms with Crippen molar-refractivity contribution in [3.63, 3.8) is 0 Å². The predicted molar refractivity (Wildman–Crippen MR) is 149 cm³/mol. The van der Waals surface area contributed by atoms with Gasteiger partial charge >= 0.3 is 0 Å². The van der Waals surface area contributed by atoms with Gasteiger partial charge in [-0.15, -0.1) is 0 Å². The molecule has 13 nitrogen and oxygen atoms in total. The second kappa shape index (κ2) is 11.6. The molecule has 4 heterocycles. The summed E-state index contributed by atoms with van der Waals surface area (Å²) in [5.74, 6) is 0.434. The van der Waals surface area contributed by atoms with Gasteiger partial charge < -0.3 is 9.73 Å². The Morgan fingerprint density at radius 3 is 2.52 bits per heavy atom. The fraction of sp³-hybridized carbons (Fsp3) is 0.440. The number of hydrogen-bond acceptors (Lipinski definition) is 11. The molecular weight excluding hydrogens is 598 g/mol. The highest BCUT2D eigenvalue weighted by Gasteiger charge is 2.26. The smallest absolute Gasteiger partial charge is 0.269 e. The highest BCUT2D eigenvalue weighted by molar-refractivity contribution is 7.88. The number of oxazole rings is 1. The first-order valence-electron chi connectivity index (χ1n) is 12.9. The molecule has 42 heavy (non-hydrogen) atoms. The number of alkyl halides is 2. The molecule has 5 rings (SSSR count). The lowest BCUT2D eigenvalue weighted by molar-refractivity contribution is 0.149. The van der Waals surface area contributed by atoms with E-state index in [4.69, 9.17) is 8.60 Å². The zero-order chi connectivity index (χ0) is 30.2. The largest absolute Gasteiger partial charge is 0.441 e. The van der Waals surface area contributed by atoms with Crippen molar-refractivity contribution in [1.82, 2.24) is 23.8 Å². The second-order valence-electron chi connectivity index (χ2n) is 10.0. The van der Waals surface area contributed by atoms with Gasteiger partial charge in [0.05, 0.1) is 31.2 Å². The molecule has 1 saturated heterocycles. The first-order chi connectivity index (χ1) is 19.8. The molecule has 1 aliphatic heterocycles. The van der Waals surface area contributed by atoms with Crippen LogP contribution in [-0.4, -0.2) is 78.9 Å². The number of anilines is 1. The highest BCUT2D eigenvalue weighted by atomic mass is 32.2. The Hall–Kier alpha value is -3.54. The van der Waals surface area contributed by atoms with Crippen LogP contribution in [-0.2, 0) is 37.3 Å². The van der Waals surface area contributed by atoms with E-state index in [-0.39, 0.29) is 48.5 Å². The van der Waals surface area contributed by atoms with E-state index in [0.717, 1.165) is 23.1 Å². The lowest BCUT2D eigenvalue weighted by Gasteiger charge is -2.30. The summed E-state index contributed by atoms with van der Waals surface area (Å²) in [5, 5.41) is 3.41. The maximum atomic E-state index is 13.8. The van der Waals surface area contributed by atoms with E-state index in [1.54, 1.807) is 18.2 Å². The zero-order valence-corrected chi connectivity index (χ0v) is 24.3. The third kappa shape index (κ3) is 6.91. The quantitative estimate of drug-likeness (QED) is 0.257. The van der Waals surface area contributed by atoms with Crippen LogP contribution in [0.15, 0.2) is 39.7 Å². The van der Waals surface area contributed by atoms with Crippen molar-refractivity contribution in [2.45, 2.75) is 38.3 Å². The third-order valence-electron chi connectivity index (χ3n) is 6.80. The van der Waals surface area contributed by atoms with Crippen LogP contribution >= 0.6 is 0 Å². The van der Waals surface area contributed by atoms with Crippen molar-refractivity contribution in [2.75, 3.05) is 37.5 Å². The molecule has 3 aromatic heterocycles. The van der Waals surface area contributed by atoms with Gasteiger partial charge in [-0.05, 0) is 36.6 Å². The number of benzene rings is 1. The van der Waals surface area contributed by atoms with Gasteiger partial charge in [0.15, 0.2) is 11.5 Å². The third-order valence-corrected chi connectivity index (χ3v) is 8.70. The average Bonchev–Trinajstić information content (AvgIpc) is 3.31. The van der Waals surface area contributed by atoms with Crippen molar-refractivity contribution >= 4 is 48.2 Å². The van der Waals surface area contributed by atoms with Gasteiger partial charge in [0.1, 0.15) is 11.2 Å². The average molecular weight is 627 g/mol. The monoisotopic (exact) mass is 626 g/mol. The Morgan fingerprint density at radius 1 is 1.12 bits per heavy atom. The van der Waals surface area contributed by atoms with E-state index < -0.39 is 37.7 Å². The summed E-state index contributed by atoms with van der Waals surface area (Å²) in [5.41, 5.74) is -0.0433. The van der Waals surface area contributed by atoms with Crippen LogP contribution in [0.25, 0.3) is 22.1 Å². The molecule has 1 N–H and O–H groups in total. The Bertz CT molecular complexity index is 1900. The first-order valence-corrected chi connectivity index (χ1v) is 16.6. The van der Waals surface area contributed by atoms with Crippen LogP contribution < -0.4 is 10.9 Å². The molecule has 226 valence electrons. The number of nitrogens with one attached hydrogen (secondary N) is 1. The van der Waals surface area contributed by atoms with Crippen LogP contribution in [0.1, 0.15) is 36.3 Å². The Labute approximate surface area is 239 Å². The molecule has 0 radical (unpaired) electrons. The van der Waals surface area contributed by atoms with E-state index in [1.807, 2.05) is 0 Å². The number of aromatic nitrogens is 4. The highest BCUT2D eigenvalue weighted by Crippen LogP contribution is 2.24. The standard InChI is InChI=1S/C25H28F2N6O7S2/c1-41(35,36)32-8-5-17(6-9-32)29-25-28-13-16-12-18(22(26)27)24(34)33(23(16)31-25)14-15-3-4-19-20(11-15)40-21(30-19)7-10-39-42(2,37)38/h3-4,11-13,17,22H,5-10,14H2,1-2H3,(H,28,29,31). The predicted octanol–water partition coefficient (Wildman–Crippen LogP) is 2.27. The van der Waals surface area contributed by atoms with Crippen molar-refractivity contribution < 1.29 is 34.2 Å². The number of hydrogen-bond donors (Lipinski definition) is 1. The van der Waals surface area contributed by atoms with Crippen molar-refractivity contribution in [2.24, 2.45) is 0 Å². The number of nitrogens with zero attached hydrogens (tertiary/aromatic N) is 5. The molecule has 17 heteroatoms. The SMILES string of the molecule is CS(=O)(=O)OCCc1nc2ccc(Cn3c(=O)c(C(F)F)cc4cnc(NC5CCN(S(C)(=O)=O)CC5)nc43)cc2o1. The van der Waals surface area contributed by atoms with Gasteiger partial charge in [-0.2, -0.15) is 13.4 Å². The van der Waals surface area contributed by atoms with Crippen LogP contribution in [0.4, 0.5) is 14.7 Å². The molecule has 1 fully saturated rings. The van der Waals surface area contributed by atoms with E-state index in [2.05, 4.69) is 20.3 Å². The van der Waals surface area contributed by atoms with Gasteiger partial charge in [-0.1, -0.05) is 6.07 Å². The summed E-state index contributed by atoms with van der Waals surface area (Å²) in [6, 6.07) is 5.89. The van der Waals surface area contributed by atoms with E-state index in [9.17, 15) is 30.4 Å². The molecule has 1 aromatic carbocycles. The summed E-state index contributed by atoms with van der Waals surface area (Å²) in [4.78, 5) is 26.2. The van der Waals surface area contributed by atoms with Gasteiger partial charge in [-0.25, -0.2) is 31.5 Å². The summed E-state index contributed by atoms with van der Waals surface area (Å²) >= 11 is 0. The fourth-order valence-electron chi connectivity index (χ4n) is 4.75. The number of fused-ring (bicyclic) bond motifs is 2. The molecule has 0 amide bonds. The van der Waals surface area contributed by atoms with Crippen molar-refractivity contribution in [3.8, 4) is 0 Å². The van der Waals surface area contributed by atoms with Crippen LogP contribution in [0, 0.1) is 0 Å². The number of piperidine rings is 1.